The van der Waals surface area contributed by atoms with Crippen molar-refractivity contribution in [3.63, 3.8) is 0 Å². The van der Waals surface area contributed by atoms with E-state index in [1.165, 1.54) is 0 Å². The van der Waals surface area contributed by atoms with Crippen LogP contribution in [0.2, 0.25) is 0 Å². The molecule has 0 spiro atoms. The monoisotopic (exact) mass is 350 g/mol. The molecule has 0 aliphatic rings. The van der Waals surface area contributed by atoms with Gasteiger partial charge in [-0.3, -0.25) is 9.78 Å². The molecule has 0 saturated heterocycles. The zero-order chi connectivity index (χ0) is 18.5. The number of hydrogen-bond donors (Lipinski definition) is 1. The van der Waals surface area contributed by atoms with Gasteiger partial charge in [0.15, 0.2) is 0 Å². The molecule has 0 unspecified atom stereocenters. The van der Waals surface area contributed by atoms with Gasteiger partial charge in [-0.1, -0.05) is 18.2 Å². The van der Waals surface area contributed by atoms with Crippen LogP contribution < -0.4 is 14.8 Å². The minimum atomic E-state index is -0.152. The number of ether oxygens (including phenoxy) is 2. The molecule has 26 heavy (non-hydrogen) atoms. The van der Waals surface area contributed by atoms with E-state index in [1.54, 1.807) is 7.11 Å². The van der Waals surface area contributed by atoms with E-state index in [0.717, 1.165) is 28.0 Å². The fourth-order valence-electron chi connectivity index (χ4n) is 2.74. The summed E-state index contributed by atoms with van der Waals surface area (Å²) in [5, 5.41) is 3.79. The Kier molecular flexibility index (Phi) is 5.37. The van der Waals surface area contributed by atoms with Crippen molar-refractivity contribution in [1.29, 1.82) is 0 Å². The minimum Gasteiger partial charge on any atom is -0.497 e. The van der Waals surface area contributed by atoms with Crippen LogP contribution in [-0.2, 0) is 0 Å². The van der Waals surface area contributed by atoms with Crippen LogP contribution >= 0.6 is 0 Å². The highest BCUT2D eigenvalue weighted by molar-refractivity contribution is 5.98. The number of hydrogen-bond acceptors (Lipinski definition) is 4. The number of methoxy groups -OCH3 is 1. The van der Waals surface area contributed by atoms with E-state index in [0.29, 0.717) is 24.4 Å². The number of nitrogens with zero attached hydrogens (tertiary/aromatic N) is 1. The first-order valence-corrected chi connectivity index (χ1v) is 8.50. The quantitative estimate of drug-likeness (QED) is 0.689. The lowest BCUT2D eigenvalue weighted by Crippen LogP contribution is -2.29. The van der Waals surface area contributed by atoms with Crippen LogP contribution in [-0.4, -0.2) is 31.2 Å². The average molecular weight is 350 g/mol. The van der Waals surface area contributed by atoms with Gasteiger partial charge >= 0.3 is 0 Å². The third kappa shape index (κ3) is 3.94. The van der Waals surface area contributed by atoms with Crippen molar-refractivity contribution in [2.24, 2.45) is 0 Å². The number of pyridine rings is 1. The van der Waals surface area contributed by atoms with Gasteiger partial charge in [0.1, 0.15) is 18.1 Å². The summed E-state index contributed by atoms with van der Waals surface area (Å²) in [4.78, 5) is 17.0. The molecule has 0 bridgehead atoms. The number of nitrogens with one attached hydrogen (secondary N) is 1. The Morgan fingerprint density at radius 3 is 2.69 bits per heavy atom. The number of aryl methyl sites for hydroxylation is 2. The number of fused-ring (bicyclic) bond motifs is 1. The predicted molar refractivity (Wildman–Crippen MR) is 102 cm³/mol. The largest absolute Gasteiger partial charge is 0.497 e. The molecule has 3 rings (SSSR count). The second kappa shape index (κ2) is 7.87. The van der Waals surface area contributed by atoms with Gasteiger partial charge in [-0.25, -0.2) is 0 Å². The SMILES string of the molecule is COc1ccc2cc(C(=O)NCCOc3ccccc3C)c(C)nc2c1. The number of benzene rings is 2. The standard InChI is InChI=1S/C21H22N2O3/c1-14-6-4-5-7-20(14)26-11-10-22-21(24)18-12-16-8-9-17(25-3)13-19(16)23-15(18)2/h4-9,12-13H,10-11H2,1-3H3,(H,22,24). The fraction of sp³-hybridized carbons (Fsp3) is 0.238. The molecule has 134 valence electrons. The molecule has 0 fully saturated rings. The van der Waals surface area contributed by atoms with Crippen LogP contribution in [0, 0.1) is 13.8 Å². The third-order valence-electron chi connectivity index (χ3n) is 4.20. The van der Waals surface area contributed by atoms with Crippen molar-refractivity contribution in [1.82, 2.24) is 10.3 Å². The van der Waals surface area contributed by atoms with Gasteiger partial charge < -0.3 is 14.8 Å². The molecule has 2 aromatic carbocycles. The van der Waals surface area contributed by atoms with Crippen molar-refractivity contribution in [3.8, 4) is 11.5 Å². The van der Waals surface area contributed by atoms with E-state index in [-0.39, 0.29) is 5.91 Å². The molecule has 3 aromatic rings. The Bertz CT molecular complexity index is 938. The summed E-state index contributed by atoms with van der Waals surface area (Å²) in [6.45, 7) is 4.66. The molecule has 0 radical (unpaired) electrons. The molecule has 1 aromatic heterocycles. The maximum Gasteiger partial charge on any atom is 0.253 e. The number of para-hydroxylation sites is 1. The second-order valence-corrected chi connectivity index (χ2v) is 6.05. The number of carbonyl (C=O) groups is 1. The predicted octanol–water partition coefficient (Wildman–Crippen LogP) is 3.67. The van der Waals surface area contributed by atoms with Crippen LogP contribution in [0.25, 0.3) is 10.9 Å². The zero-order valence-electron chi connectivity index (χ0n) is 15.2. The molecule has 5 heteroatoms. The number of carbonyl (C=O) groups excluding carboxylic acids is 1. The lowest BCUT2D eigenvalue weighted by molar-refractivity contribution is 0.0946. The topological polar surface area (TPSA) is 60.5 Å². The van der Waals surface area contributed by atoms with E-state index >= 15 is 0 Å². The van der Waals surface area contributed by atoms with Gasteiger partial charge in [0.25, 0.3) is 5.91 Å². The summed E-state index contributed by atoms with van der Waals surface area (Å²) in [5.41, 5.74) is 3.13. The van der Waals surface area contributed by atoms with Crippen molar-refractivity contribution < 1.29 is 14.3 Å². The highest BCUT2D eigenvalue weighted by Crippen LogP contribution is 2.21. The zero-order valence-corrected chi connectivity index (χ0v) is 15.2. The normalized spacial score (nSPS) is 10.6. The number of rotatable bonds is 6. The van der Waals surface area contributed by atoms with Crippen molar-refractivity contribution >= 4 is 16.8 Å². The summed E-state index contributed by atoms with van der Waals surface area (Å²) in [7, 11) is 1.62. The molecule has 1 amide bonds. The number of aromatic nitrogens is 1. The van der Waals surface area contributed by atoms with E-state index < -0.39 is 0 Å². The Hall–Kier alpha value is -3.08. The Labute approximate surface area is 153 Å². The lowest BCUT2D eigenvalue weighted by atomic mass is 10.1. The smallest absolute Gasteiger partial charge is 0.253 e. The first-order chi connectivity index (χ1) is 12.6. The molecular formula is C21H22N2O3. The first kappa shape index (κ1) is 17.7. The second-order valence-electron chi connectivity index (χ2n) is 6.05. The van der Waals surface area contributed by atoms with Crippen molar-refractivity contribution in [2.45, 2.75) is 13.8 Å². The van der Waals surface area contributed by atoms with Gasteiger partial charge in [-0.05, 0) is 43.7 Å². The summed E-state index contributed by atoms with van der Waals surface area (Å²) in [6.07, 6.45) is 0. The molecule has 0 aliphatic carbocycles. The minimum absolute atomic E-state index is 0.152. The van der Waals surface area contributed by atoms with Crippen LogP contribution in [0.5, 0.6) is 11.5 Å². The van der Waals surface area contributed by atoms with Crippen LogP contribution in [0.3, 0.4) is 0 Å². The fourth-order valence-corrected chi connectivity index (χ4v) is 2.74. The average Bonchev–Trinajstić information content (AvgIpc) is 2.65. The highest BCUT2D eigenvalue weighted by atomic mass is 16.5. The summed E-state index contributed by atoms with van der Waals surface area (Å²) < 4.78 is 10.9. The lowest BCUT2D eigenvalue weighted by Gasteiger charge is -2.11. The van der Waals surface area contributed by atoms with Gasteiger partial charge in [0.2, 0.25) is 0 Å². The van der Waals surface area contributed by atoms with E-state index in [9.17, 15) is 4.79 Å². The van der Waals surface area contributed by atoms with Crippen LogP contribution in [0.4, 0.5) is 0 Å². The molecule has 0 atom stereocenters. The highest BCUT2D eigenvalue weighted by Gasteiger charge is 2.12. The van der Waals surface area contributed by atoms with E-state index in [4.69, 9.17) is 9.47 Å². The molecule has 0 saturated carbocycles. The molecular weight excluding hydrogens is 328 g/mol. The Balaban J connectivity index is 1.64. The van der Waals surface area contributed by atoms with Crippen LogP contribution in [0.1, 0.15) is 21.6 Å². The first-order valence-electron chi connectivity index (χ1n) is 8.50. The summed E-state index contributed by atoms with van der Waals surface area (Å²) >= 11 is 0. The van der Waals surface area contributed by atoms with Crippen LogP contribution in [0.15, 0.2) is 48.5 Å². The Morgan fingerprint density at radius 1 is 1.12 bits per heavy atom. The molecule has 1 heterocycles. The van der Waals surface area contributed by atoms with Gasteiger partial charge in [0, 0.05) is 11.5 Å². The van der Waals surface area contributed by atoms with Gasteiger partial charge in [0.05, 0.1) is 30.4 Å². The third-order valence-corrected chi connectivity index (χ3v) is 4.20. The molecule has 0 aliphatic heterocycles. The summed E-state index contributed by atoms with van der Waals surface area (Å²) in [5.74, 6) is 1.43. The number of amides is 1. The van der Waals surface area contributed by atoms with Crippen molar-refractivity contribution in [3.05, 3.63) is 65.4 Å². The maximum atomic E-state index is 12.5. The molecule has 5 nitrogen and oxygen atoms in total. The van der Waals surface area contributed by atoms with Gasteiger partial charge in [-0.15, -0.1) is 0 Å². The molecule has 1 N–H and O–H groups in total. The maximum absolute atomic E-state index is 12.5. The summed E-state index contributed by atoms with van der Waals surface area (Å²) in [6, 6.07) is 15.3. The Morgan fingerprint density at radius 2 is 1.92 bits per heavy atom. The van der Waals surface area contributed by atoms with E-state index in [2.05, 4.69) is 10.3 Å². The van der Waals surface area contributed by atoms with E-state index in [1.807, 2.05) is 62.4 Å². The van der Waals surface area contributed by atoms with Crippen molar-refractivity contribution in [2.75, 3.05) is 20.3 Å². The van der Waals surface area contributed by atoms with Gasteiger partial charge in [-0.2, -0.15) is 0 Å².